The summed E-state index contributed by atoms with van der Waals surface area (Å²) in [4.78, 5) is 4.37. The van der Waals surface area contributed by atoms with Crippen LogP contribution in [0.5, 0.6) is 0 Å². The highest BCUT2D eigenvalue weighted by Crippen LogP contribution is 2.05. The molecular formula is C13H19N3O. The third-order valence-corrected chi connectivity index (χ3v) is 2.69. The normalized spacial score (nSPS) is 15.0. The summed E-state index contributed by atoms with van der Waals surface area (Å²) in [6.07, 6.45) is 1.12. The van der Waals surface area contributed by atoms with Gasteiger partial charge in [-0.05, 0) is 17.5 Å². The average Bonchev–Trinajstić information content (AvgIpc) is 2.40. The highest BCUT2D eigenvalue weighted by molar-refractivity contribution is 5.80. The number of nitrogens with zero attached hydrogens (tertiary/aromatic N) is 1. The molecule has 0 saturated heterocycles. The zero-order valence-electron chi connectivity index (χ0n) is 10.2. The first-order valence-corrected chi connectivity index (χ1v) is 5.97. The second-order valence-electron chi connectivity index (χ2n) is 4.11. The number of guanidine groups is 1. The van der Waals surface area contributed by atoms with Crippen LogP contribution >= 0.6 is 0 Å². The maximum absolute atomic E-state index is 5.08. The van der Waals surface area contributed by atoms with E-state index in [-0.39, 0.29) is 0 Å². The van der Waals surface area contributed by atoms with E-state index in [1.165, 1.54) is 11.1 Å². The molecule has 92 valence electrons. The van der Waals surface area contributed by atoms with Crippen molar-refractivity contribution < 1.29 is 4.74 Å². The summed E-state index contributed by atoms with van der Waals surface area (Å²) in [5, 5.41) is 6.54. The van der Waals surface area contributed by atoms with Crippen LogP contribution in [0.4, 0.5) is 0 Å². The highest BCUT2D eigenvalue weighted by atomic mass is 16.5. The molecule has 17 heavy (non-hydrogen) atoms. The molecule has 0 atom stereocenters. The molecule has 0 aliphatic carbocycles. The summed E-state index contributed by atoms with van der Waals surface area (Å²) in [6.45, 7) is 3.40. The molecule has 1 heterocycles. The van der Waals surface area contributed by atoms with Gasteiger partial charge in [0.1, 0.15) is 0 Å². The van der Waals surface area contributed by atoms with Gasteiger partial charge >= 0.3 is 0 Å². The van der Waals surface area contributed by atoms with Crippen LogP contribution in [0, 0.1) is 0 Å². The molecule has 0 fully saturated rings. The Morgan fingerprint density at radius 3 is 2.71 bits per heavy atom. The van der Waals surface area contributed by atoms with Gasteiger partial charge in [-0.25, -0.2) is 0 Å². The molecule has 2 N–H and O–H groups in total. The summed E-state index contributed by atoms with van der Waals surface area (Å²) in [7, 11) is 1.71. The summed E-state index contributed by atoms with van der Waals surface area (Å²) >= 11 is 0. The summed E-state index contributed by atoms with van der Waals surface area (Å²) in [6, 6.07) is 8.42. The maximum Gasteiger partial charge on any atom is 0.191 e. The molecule has 0 amide bonds. The SMILES string of the molecule is COCc1ccc(CNC2=NCCCN2)cc1. The summed E-state index contributed by atoms with van der Waals surface area (Å²) < 4.78 is 5.08. The summed E-state index contributed by atoms with van der Waals surface area (Å²) in [5.74, 6) is 0.914. The van der Waals surface area contributed by atoms with Crippen LogP contribution in [-0.2, 0) is 17.9 Å². The quantitative estimate of drug-likeness (QED) is 0.823. The van der Waals surface area contributed by atoms with Gasteiger partial charge in [-0.1, -0.05) is 24.3 Å². The van der Waals surface area contributed by atoms with E-state index in [2.05, 4.69) is 39.9 Å². The van der Waals surface area contributed by atoms with Crippen LogP contribution < -0.4 is 10.6 Å². The maximum atomic E-state index is 5.08. The minimum absolute atomic E-state index is 0.669. The molecule has 0 spiro atoms. The first-order valence-electron chi connectivity index (χ1n) is 5.97. The second-order valence-corrected chi connectivity index (χ2v) is 4.11. The van der Waals surface area contributed by atoms with Crippen LogP contribution in [0.1, 0.15) is 17.5 Å². The molecule has 1 aliphatic heterocycles. The number of methoxy groups -OCH3 is 1. The Morgan fingerprint density at radius 1 is 1.29 bits per heavy atom. The molecule has 1 aromatic rings. The van der Waals surface area contributed by atoms with Gasteiger partial charge < -0.3 is 15.4 Å². The van der Waals surface area contributed by atoms with E-state index in [1.54, 1.807) is 7.11 Å². The monoisotopic (exact) mass is 233 g/mol. The Labute approximate surface area is 102 Å². The van der Waals surface area contributed by atoms with E-state index in [0.29, 0.717) is 6.61 Å². The van der Waals surface area contributed by atoms with Gasteiger partial charge in [0.25, 0.3) is 0 Å². The topological polar surface area (TPSA) is 45.6 Å². The Bertz CT molecular complexity index is 373. The van der Waals surface area contributed by atoms with E-state index >= 15 is 0 Å². The largest absolute Gasteiger partial charge is 0.380 e. The molecule has 0 bridgehead atoms. The van der Waals surface area contributed by atoms with Gasteiger partial charge in [0.2, 0.25) is 0 Å². The lowest BCUT2D eigenvalue weighted by Crippen LogP contribution is -2.40. The molecule has 1 aliphatic rings. The van der Waals surface area contributed by atoms with Crippen LogP contribution in [-0.4, -0.2) is 26.2 Å². The van der Waals surface area contributed by atoms with Crippen molar-refractivity contribution in [1.29, 1.82) is 0 Å². The van der Waals surface area contributed by atoms with E-state index in [9.17, 15) is 0 Å². The third-order valence-electron chi connectivity index (χ3n) is 2.69. The number of hydrogen-bond acceptors (Lipinski definition) is 4. The van der Waals surface area contributed by atoms with E-state index in [1.807, 2.05) is 0 Å². The highest BCUT2D eigenvalue weighted by Gasteiger charge is 2.02. The first kappa shape index (κ1) is 11.9. The fourth-order valence-electron chi connectivity index (χ4n) is 1.76. The van der Waals surface area contributed by atoms with Crippen molar-refractivity contribution >= 4 is 5.96 Å². The lowest BCUT2D eigenvalue weighted by molar-refractivity contribution is 0.185. The zero-order valence-corrected chi connectivity index (χ0v) is 10.2. The number of nitrogens with one attached hydrogen (secondary N) is 2. The minimum Gasteiger partial charge on any atom is -0.380 e. The standard InChI is InChI=1S/C13H19N3O/c1-17-10-12-5-3-11(4-6-12)9-16-13-14-7-2-8-15-13/h3-6H,2,7-10H2,1H3,(H2,14,15,16). The van der Waals surface area contributed by atoms with E-state index in [0.717, 1.165) is 32.0 Å². The Hall–Kier alpha value is -1.55. The Morgan fingerprint density at radius 2 is 2.06 bits per heavy atom. The van der Waals surface area contributed by atoms with Gasteiger partial charge in [-0.3, -0.25) is 4.99 Å². The minimum atomic E-state index is 0.669. The smallest absolute Gasteiger partial charge is 0.191 e. The Balaban J connectivity index is 1.84. The van der Waals surface area contributed by atoms with Gasteiger partial charge in [0, 0.05) is 26.7 Å². The van der Waals surface area contributed by atoms with Crippen LogP contribution in [0.25, 0.3) is 0 Å². The number of ether oxygens (including phenoxy) is 1. The fraction of sp³-hybridized carbons (Fsp3) is 0.462. The molecule has 2 rings (SSSR count). The van der Waals surface area contributed by atoms with Crippen LogP contribution in [0.15, 0.2) is 29.3 Å². The molecule has 0 aromatic heterocycles. The van der Waals surface area contributed by atoms with Gasteiger partial charge in [0.05, 0.1) is 6.61 Å². The molecular weight excluding hydrogens is 214 g/mol. The number of rotatable bonds is 4. The first-order chi connectivity index (χ1) is 8.38. The van der Waals surface area contributed by atoms with Crippen LogP contribution in [0.2, 0.25) is 0 Å². The zero-order chi connectivity index (χ0) is 11.9. The molecule has 0 radical (unpaired) electrons. The molecule has 4 nitrogen and oxygen atoms in total. The van der Waals surface area contributed by atoms with Crippen molar-refractivity contribution in [3.8, 4) is 0 Å². The molecule has 0 saturated carbocycles. The van der Waals surface area contributed by atoms with Crippen molar-refractivity contribution in [2.75, 3.05) is 20.2 Å². The lowest BCUT2D eigenvalue weighted by atomic mass is 10.1. The molecule has 0 unspecified atom stereocenters. The lowest BCUT2D eigenvalue weighted by Gasteiger charge is -2.16. The predicted octanol–water partition coefficient (Wildman–Crippen LogP) is 1.27. The van der Waals surface area contributed by atoms with Gasteiger partial charge in [-0.2, -0.15) is 0 Å². The predicted molar refractivity (Wildman–Crippen MR) is 68.9 cm³/mol. The summed E-state index contributed by atoms with van der Waals surface area (Å²) in [5.41, 5.74) is 2.45. The number of hydrogen-bond donors (Lipinski definition) is 2. The van der Waals surface area contributed by atoms with Crippen molar-refractivity contribution in [3.05, 3.63) is 35.4 Å². The second kappa shape index (κ2) is 6.25. The Kier molecular flexibility index (Phi) is 4.38. The fourth-order valence-corrected chi connectivity index (χ4v) is 1.76. The van der Waals surface area contributed by atoms with Crippen LogP contribution in [0.3, 0.4) is 0 Å². The number of aliphatic imine (C=N–C) groups is 1. The third kappa shape index (κ3) is 3.75. The molecule has 4 heteroatoms. The van der Waals surface area contributed by atoms with Crippen molar-refractivity contribution in [2.24, 2.45) is 4.99 Å². The van der Waals surface area contributed by atoms with Gasteiger partial charge in [-0.15, -0.1) is 0 Å². The van der Waals surface area contributed by atoms with E-state index < -0.39 is 0 Å². The average molecular weight is 233 g/mol. The van der Waals surface area contributed by atoms with Crippen molar-refractivity contribution in [2.45, 2.75) is 19.6 Å². The van der Waals surface area contributed by atoms with Crippen molar-refractivity contribution in [3.63, 3.8) is 0 Å². The molecule has 1 aromatic carbocycles. The van der Waals surface area contributed by atoms with Gasteiger partial charge in [0.15, 0.2) is 5.96 Å². The number of benzene rings is 1. The van der Waals surface area contributed by atoms with E-state index in [4.69, 9.17) is 4.74 Å². The van der Waals surface area contributed by atoms with Crippen molar-refractivity contribution in [1.82, 2.24) is 10.6 Å².